The Morgan fingerprint density at radius 2 is 1.87 bits per heavy atom. The molecular weight excluding hydrogens is 258 g/mol. The van der Waals surface area contributed by atoms with Gasteiger partial charge in [-0.25, -0.2) is 0 Å². The highest BCUT2D eigenvalue weighted by Crippen LogP contribution is 2.21. The molecule has 0 spiro atoms. The van der Waals surface area contributed by atoms with Gasteiger partial charge in [-0.1, -0.05) is 0 Å². The van der Waals surface area contributed by atoms with Gasteiger partial charge in [0.1, 0.15) is 0 Å². The SMILES string of the molecule is Nc1ccc(C(=O)c2occc2Br)cc1. The predicted molar refractivity (Wildman–Crippen MR) is 60.7 cm³/mol. The summed E-state index contributed by atoms with van der Waals surface area (Å²) in [6, 6.07) is 8.40. The summed E-state index contributed by atoms with van der Waals surface area (Å²) in [5.74, 6) is 0.145. The highest BCUT2D eigenvalue weighted by atomic mass is 79.9. The first-order valence-electron chi connectivity index (χ1n) is 4.31. The third-order valence-electron chi connectivity index (χ3n) is 2.00. The summed E-state index contributed by atoms with van der Waals surface area (Å²) in [5.41, 5.74) is 6.72. The van der Waals surface area contributed by atoms with Gasteiger partial charge in [-0.2, -0.15) is 0 Å². The zero-order valence-corrected chi connectivity index (χ0v) is 9.32. The highest BCUT2D eigenvalue weighted by Gasteiger charge is 2.15. The Morgan fingerprint density at radius 3 is 2.40 bits per heavy atom. The topological polar surface area (TPSA) is 56.2 Å². The van der Waals surface area contributed by atoms with Crippen molar-refractivity contribution in [3.05, 3.63) is 52.4 Å². The largest absolute Gasteiger partial charge is 0.460 e. The molecule has 1 heterocycles. The lowest BCUT2D eigenvalue weighted by Crippen LogP contribution is -2.00. The fraction of sp³-hybridized carbons (Fsp3) is 0. The molecule has 1 aromatic carbocycles. The van der Waals surface area contributed by atoms with Gasteiger partial charge in [-0.3, -0.25) is 4.79 Å². The molecule has 0 bridgehead atoms. The van der Waals surface area contributed by atoms with Gasteiger partial charge in [-0.15, -0.1) is 0 Å². The summed E-state index contributed by atoms with van der Waals surface area (Å²) < 4.78 is 5.74. The van der Waals surface area contributed by atoms with E-state index in [0.717, 1.165) is 0 Å². The summed E-state index contributed by atoms with van der Waals surface area (Å²) in [6.07, 6.45) is 1.47. The van der Waals surface area contributed by atoms with Gasteiger partial charge in [0.2, 0.25) is 5.78 Å². The molecule has 0 unspecified atom stereocenters. The lowest BCUT2D eigenvalue weighted by molar-refractivity contribution is 0.101. The van der Waals surface area contributed by atoms with E-state index in [1.54, 1.807) is 30.3 Å². The first-order valence-corrected chi connectivity index (χ1v) is 5.11. The van der Waals surface area contributed by atoms with E-state index in [4.69, 9.17) is 10.2 Å². The maximum absolute atomic E-state index is 11.9. The fourth-order valence-electron chi connectivity index (χ4n) is 1.22. The quantitative estimate of drug-likeness (QED) is 0.671. The third-order valence-corrected chi connectivity index (χ3v) is 2.62. The van der Waals surface area contributed by atoms with Crippen molar-refractivity contribution in [2.24, 2.45) is 0 Å². The minimum Gasteiger partial charge on any atom is -0.460 e. The molecule has 4 heteroatoms. The number of nitrogens with two attached hydrogens (primary N) is 1. The van der Waals surface area contributed by atoms with Crippen LogP contribution >= 0.6 is 15.9 Å². The molecular formula is C11H8BrNO2. The van der Waals surface area contributed by atoms with Crippen molar-refractivity contribution < 1.29 is 9.21 Å². The van der Waals surface area contributed by atoms with Gasteiger partial charge in [0.15, 0.2) is 5.76 Å². The van der Waals surface area contributed by atoms with Crippen molar-refractivity contribution in [1.82, 2.24) is 0 Å². The van der Waals surface area contributed by atoms with Crippen LogP contribution in [0.3, 0.4) is 0 Å². The second-order valence-corrected chi connectivity index (χ2v) is 3.90. The summed E-state index contributed by atoms with van der Waals surface area (Å²) in [4.78, 5) is 11.9. The Hall–Kier alpha value is -1.55. The smallest absolute Gasteiger partial charge is 0.229 e. The predicted octanol–water partition coefficient (Wildman–Crippen LogP) is 2.86. The second-order valence-electron chi connectivity index (χ2n) is 3.05. The molecule has 0 aliphatic rings. The first-order chi connectivity index (χ1) is 7.18. The summed E-state index contributed by atoms with van der Waals surface area (Å²) in [7, 11) is 0. The van der Waals surface area contributed by atoms with Crippen molar-refractivity contribution in [3.63, 3.8) is 0 Å². The van der Waals surface area contributed by atoms with Crippen LogP contribution in [0, 0.1) is 0 Å². The lowest BCUT2D eigenvalue weighted by Gasteiger charge is -1.98. The molecule has 76 valence electrons. The Bertz CT molecular complexity index is 488. The average Bonchev–Trinajstić information content (AvgIpc) is 2.65. The number of halogens is 1. The molecule has 1 aromatic heterocycles. The number of nitrogen functional groups attached to an aromatic ring is 1. The maximum atomic E-state index is 11.9. The number of ketones is 1. The van der Waals surface area contributed by atoms with Gasteiger partial charge in [0.25, 0.3) is 0 Å². The molecule has 0 saturated heterocycles. The molecule has 0 radical (unpaired) electrons. The van der Waals surface area contributed by atoms with E-state index in [0.29, 0.717) is 21.5 Å². The zero-order valence-electron chi connectivity index (χ0n) is 7.74. The minimum atomic E-state index is -0.160. The number of carbonyl (C=O) groups excluding carboxylic acids is 1. The molecule has 15 heavy (non-hydrogen) atoms. The summed E-state index contributed by atoms with van der Waals surface area (Å²) >= 11 is 3.24. The number of furan rings is 1. The van der Waals surface area contributed by atoms with Crippen LogP contribution in [0.4, 0.5) is 5.69 Å². The lowest BCUT2D eigenvalue weighted by atomic mass is 10.1. The van der Waals surface area contributed by atoms with E-state index < -0.39 is 0 Å². The molecule has 0 fully saturated rings. The first kappa shape index (κ1) is 9.98. The maximum Gasteiger partial charge on any atom is 0.229 e. The number of hydrogen-bond donors (Lipinski definition) is 1. The van der Waals surface area contributed by atoms with Gasteiger partial charge >= 0.3 is 0 Å². The minimum absolute atomic E-state index is 0.160. The van der Waals surface area contributed by atoms with E-state index >= 15 is 0 Å². The van der Waals surface area contributed by atoms with Crippen LogP contribution in [-0.4, -0.2) is 5.78 Å². The summed E-state index contributed by atoms with van der Waals surface area (Å²) in [6.45, 7) is 0. The number of anilines is 1. The number of benzene rings is 1. The van der Waals surface area contributed by atoms with Crippen LogP contribution in [0.2, 0.25) is 0 Å². The van der Waals surface area contributed by atoms with Crippen molar-refractivity contribution in [3.8, 4) is 0 Å². The zero-order chi connectivity index (χ0) is 10.8. The molecule has 0 atom stereocenters. The van der Waals surface area contributed by atoms with E-state index in [2.05, 4.69) is 15.9 Å². The van der Waals surface area contributed by atoms with E-state index in [-0.39, 0.29) is 5.78 Å². The normalized spacial score (nSPS) is 10.2. The van der Waals surface area contributed by atoms with Gasteiger partial charge in [-0.05, 0) is 46.3 Å². The molecule has 2 N–H and O–H groups in total. The van der Waals surface area contributed by atoms with Gasteiger partial charge in [0, 0.05) is 11.3 Å². The van der Waals surface area contributed by atoms with Crippen LogP contribution in [0.15, 0.2) is 45.5 Å². The van der Waals surface area contributed by atoms with Crippen LogP contribution in [-0.2, 0) is 0 Å². The van der Waals surface area contributed by atoms with Crippen molar-refractivity contribution >= 4 is 27.4 Å². The highest BCUT2D eigenvalue weighted by molar-refractivity contribution is 9.10. The fourth-order valence-corrected chi connectivity index (χ4v) is 1.60. The molecule has 3 nitrogen and oxygen atoms in total. The van der Waals surface area contributed by atoms with Crippen LogP contribution < -0.4 is 5.73 Å². The molecule has 0 amide bonds. The van der Waals surface area contributed by atoms with Crippen LogP contribution in [0.25, 0.3) is 0 Å². The Morgan fingerprint density at radius 1 is 1.20 bits per heavy atom. The van der Waals surface area contributed by atoms with Crippen molar-refractivity contribution in [1.29, 1.82) is 0 Å². The number of carbonyl (C=O) groups is 1. The Kier molecular flexibility index (Phi) is 2.60. The molecule has 0 aliphatic heterocycles. The molecule has 0 saturated carbocycles. The Labute approximate surface area is 95.0 Å². The van der Waals surface area contributed by atoms with E-state index in [1.807, 2.05) is 0 Å². The van der Waals surface area contributed by atoms with Crippen LogP contribution in [0.5, 0.6) is 0 Å². The standard InChI is InChI=1S/C11H8BrNO2/c12-9-5-6-15-11(9)10(14)7-1-3-8(13)4-2-7/h1-6H,13H2. The number of rotatable bonds is 2. The van der Waals surface area contributed by atoms with Crippen molar-refractivity contribution in [2.45, 2.75) is 0 Å². The van der Waals surface area contributed by atoms with E-state index in [1.165, 1.54) is 6.26 Å². The van der Waals surface area contributed by atoms with Gasteiger partial charge < -0.3 is 10.2 Å². The third kappa shape index (κ3) is 1.94. The van der Waals surface area contributed by atoms with Crippen molar-refractivity contribution in [2.75, 3.05) is 5.73 Å². The number of hydrogen-bond acceptors (Lipinski definition) is 3. The van der Waals surface area contributed by atoms with Crippen LogP contribution in [0.1, 0.15) is 16.1 Å². The van der Waals surface area contributed by atoms with Gasteiger partial charge in [0.05, 0.1) is 10.7 Å². The molecule has 2 rings (SSSR count). The molecule has 0 aliphatic carbocycles. The molecule has 2 aromatic rings. The second kappa shape index (κ2) is 3.90. The Balaban J connectivity index is 2.37. The van der Waals surface area contributed by atoms with E-state index in [9.17, 15) is 4.79 Å². The average molecular weight is 266 g/mol. The monoisotopic (exact) mass is 265 g/mol. The summed E-state index contributed by atoms with van der Waals surface area (Å²) in [5, 5.41) is 0.